The molecule has 0 aliphatic rings. The standard InChI is InChI=1S/C15H19NOS/c1-2-9-18-11-13(17)10-12-7-8-16-15-6-4-3-5-14(12)15/h3-8,13,17H,2,9-11H2,1H3. The van der Waals surface area contributed by atoms with E-state index in [1.165, 1.54) is 5.56 Å². The van der Waals surface area contributed by atoms with E-state index in [1.807, 2.05) is 42.2 Å². The van der Waals surface area contributed by atoms with Gasteiger partial charge < -0.3 is 5.11 Å². The molecule has 1 heterocycles. The molecule has 0 saturated heterocycles. The molecular weight excluding hydrogens is 242 g/mol. The number of aromatic nitrogens is 1. The Labute approximate surface area is 112 Å². The molecule has 0 saturated carbocycles. The number of hydrogen-bond acceptors (Lipinski definition) is 3. The molecule has 0 aliphatic heterocycles. The molecule has 18 heavy (non-hydrogen) atoms. The van der Waals surface area contributed by atoms with Crippen molar-refractivity contribution in [3.8, 4) is 0 Å². The van der Waals surface area contributed by atoms with Crippen molar-refractivity contribution in [3.05, 3.63) is 42.1 Å². The van der Waals surface area contributed by atoms with Gasteiger partial charge in [0, 0.05) is 17.3 Å². The summed E-state index contributed by atoms with van der Waals surface area (Å²) in [5.74, 6) is 1.93. The largest absolute Gasteiger partial charge is 0.392 e. The van der Waals surface area contributed by atoms with Crippen LogP contribution >= 0.6 is 11.8 Å². The fraction of sp³-hybridized carbons (Fsp3) is 0.400. The second kappa shape index (κ2) is 6.76. The lowest BCUT2D eigenvalue weighted by molar-refractivity contribution is 0.200. The highest BCUT2D eigenvalue weighted by Crippen LogP contribution is 2.18. The first-order valence-corrected chi connectivity index (χ1v) is 7.55. The third kappa shape index (κ3) is 3.47. The molecule has 0 aliphatic carbocycles. The molecule has 1 N–H and O–H groups in total. The Balaban J connectivity index is 2.07. The molecule has 1 unspecified atom stereocenters. The minimum atomic E-state index is -0.271. The number of hydrogen-bond donors (Lipinski definition) is 1. The Bertz CT molecular complexity index is 495. The molecule has 2 nitrogen and oxygen atoms in total. The van der Waals surface area contributed by atoms with Crippen LogP contribution in [0.15, 0.2) is 36.5 Å². The van der Waals surface area contributed by atoms with Crippen LogP contribution < -0.4 is 0 Å². The molecular formula is C15H19NOS. The summed E-state index contributed by atoms with van der Waals surface area (Å²) in [6.45, 7) is 2.16. The van der Waals surface area contributed by atoms with Crippen molar-refractivity contribution in [3.63, 3.8) is 0 Å². The first kappa shape index (κ1) is 13.4. The molecule has 1 atom stereocenters. The predicted molar refractivity (Wildman–Crippen MR) is 79.1 cm³/mol. The maximum absolute atomic E-state index is 10.0. The summed E-state index contributed by atoms with van der Waals surface area (Å²) in [7, 11) is 0. The van der Waals surface area contributed by atoms with Gasteiger partial charge in [0.15, 0.2) is 0 Å². The zero-order valence-electron chi connectivity index (χ0n) is 10.7. The van der Waals surface area contributed by atoms with Crippen molar-refractivity contribution in [1.82, 2.24) is 4.98 Å². The number of rotatable bonds is 6. The van der Waals surface area contributed by atoms with E-state index in [0.29, 0.717) is 6.42 Å². The van der Waals surface area contributed by atoms with E-state index in [2.05, 4.69) is 18.0 Å². The van der Waals surface area contributed by atoms with Crippen LogP contribution in [0.2, 0.25) is 0 Å². The Morgan fingerprint density at radius 2 is 2.11 bits per heavy atom. The third-order valence-corrected chi connectivity index (χ3v) is 4.17. The molecule has 0 spiro atoms. The summed E-state index contributed by atoms with van der Waals surface area (Å²) in [5.41, 5.74) is 2.19. The van der Waals surface area contributed by atoms with E-state index in [4.69, 9.17) is 0 Å². The topological polar surface area (TPSA) is 33.1 Å². The normalized spacial score (nSPS) is 12.8. The van der Waals surface area contributed by atoms with Gasteiger partial charge in [0.2, 0.25) is 0 Å². The highest BCUT2D eigenvalue weighted by molar-refractivity contribution is 7.99. The van der Waals surface area contributed by atoms with Gasteiger partial charge >= 0.3 is 0 Å². The highest BCUT2D eigenvalue weighted by Gasteiger charge is 2.08. The molecule has 2 rings (SSSR count). The summed E-state index contributed by atoms with van der Waals surface area (Å²) in [5, 5.41) is 11.2. The lowest BCUT2D eigenvalue weighted by Gasteiger charge is -2.11. The number of para-hydroxylation sites is 1. The van der Waals surface area contributed by atoms with Gasteiger partial charge in [-0.3, -0.25) is 4.98 Å². The summed E-state index contributed by atoms with van der Waals surface area (Å²) < 4.78 is 0. The van der Waals surface area contributed by atoms with Gasteiger partial charge in [-0.05, 0) is 36.3 Å². The fourth-order valence-corrected chi connectivity index (χ4v) is 2.85. The van der Waals surface area contributed by atoms with Gasteiger partial charge in [-0.15, -0.1) is 0 Å². The van der Waals surface area contributed by atoms with Crippen molar-refractivity contribution in [2.24, 2.45) is 0 Å². The molecule has 2 aromatic rings. The summed E-state index contributed by atoms with van der Waals surface area (Å²) in [4.78, 5) is 4.34. The second-order valence-corrected chi connectivity index (χ2v) is 5.57. The average molecular weight is 261 g/mol. The van der Waals surface area contributed by atoms with E-state index in [0.717, 1.165) is 28.8 Å². The van der Waals surface area contributed by atoms with Crippen molar-refractivity contribution in [1.29, 1.82) is 0 Å². The minimum absolute atomic E-state index is 0.271. The summed E-state index contributed by atoms with van der Waals surface area (Å²) >= 11 is 1.82. The molecule has 0 radical (unpaired) electrons. The minimum Gasteiger partial charge on any atom is -0.392 e. The van der Waals surface area contributed by atoms with E-state index < -0.39 is 0 Å². The van der Waals surface area contributed by atoms with Gasteiger partial charge in [-0.1, -0.05) is 25.1 Å². The van der Waals surface area contributed by atoms with Gasteiger partial charge in [0.1, 0.15) is 0 Å². The third-order valence-electron chi connectivity index (χ3n) is 2.85. The molecule has 0 fully saturated rings. The van der Waals surface area contributed by atoms with Crippen molar-refractivity contribution in [2.75, 3.05) is 11.5 Å². The molecule has 1 aromatic carbocycles. The SMILES string of the molecule is CCCSCC(O)Cc1ccnc2ccccc12. The van der Waals surface area contributed by atoms with Crippen LogP contribution in [0.5, 0.6) is 0 Å². The zero-order valence-corrected chi connectivity index (χ0v) is 11.5. The first-order valence-electron chi connectivity index (χ1n) is 6.39. The number of aliphatic hydroxyl groups is 1. The van der Waals surface area contributed by atoms with E-state index >= 15 is 0 Å². The number of fused-ring (bicyclic) bond motifs is 1. The van der Waals surface area contributed by atoms with Crippen LogP contribution in [0.4, 0.5) is 0 Å². The molecule has 3 heteroatoms. The Morgan fingerprint density at radius 1 is 1.28 bits per heavy atom. The van der Waals surface area contributed by atoms with Crippen molar-refractivity contribution >= 4 is 22.7 Å². The van der Waals surface area contributed by atoms with Gasteiger partial charge in [-0.25, -0.2) is 0 Å². The first-order chi connectivity index (χ1) is 8.81. The number of pyridine rings is 1. The number of thioether (sulfide) groups is 1. The quantitative estimate of drug-likeness (QED) is 0.810. The van der Waals surface area contributed by atoms with Crippen LogP contribution in [0.1, 0.15) is 18.9 Å². The van der Waals surface area contributed by atoms with Gasteiger partial charge in [-0.2, -0.15) is 11.8 Å². The fourth-order valence-electron chi connectivity index (χ4n) is 2.01. The average Bonchev–Trinajstić information content (AvgIpc) is 2.39. The summed E-state index contributed by atoms with van der Waals surface area (Å²) in [6.07, 6.45) is 3.42. The van der Waals surface area contributed by atoms with Gasteiger partial charge in [0.25, 0.3) is 0 Å². The smallest absolute Gasteiger partial charge is 0.0704 e. The van der Waals surface area contributed by atoms with Crippen LogP contribution in [0.25, 0.3) is 10.9 Å². The molecule has 0 amide bonds. The second-order valence-electron chi connectivity index (χ2n) is 4.42. The van der Waals surface area contributed by atoms with Crippen LogP contribution in [0, 0.1) is 0 Å². The Morgan fingerprint density at radius 3 is 2.94 bits per heavy atom. The predicted octanol–water partition coefficient (Wildman–Crippen LogP) is 3.28. The lowest BCUT2D eigenvalue weighted by Crippen LogP contribution is -2.14. The zero-order chi connectivity index (χ0) is 12.8. The van der Waals surface area contributed by atoms with Crippen LogP contribution in [0.3, 0.4) is 0 Å². The Kier molecular flexibility index (Phi) is 5.02. The number of aliphatic hydroxyl groups excluding tert-OH is 1. The maximum atomic E-state index is 10.0. The van der Waals surface area contributed by atoms with E-state index in [-0.39, 0.29) is 6.10 Å². The monoisotopic (exact) mass is 261 g/mol. The highest BCUT2D eigenvalue weighted by atomic mass is 32.2. The van der Waals surface area contributed by atoms with Crippen molar-refractivity contribution in [2.45, 2.75) is 25.9 Å². The molecule has 96 valence electrons. The van der Waals surface area contributed by atoms with Crippen molar-refractivity contribution < 1.29 is 5.11 Å². The molecule has 0 bridgehead atoms. The number of nitrogens with zero attached hydrogens (tertiary/aromatic N) is 1. The van der Waals surface area contributed by atoms with E-state index in [1.54, 1.807) is 0 Å². The summed E-state index contributed by atoms with van der Waals surface area (Å²) in [6, 6.07) is 10.1. The maximum Gasteiger partial charge on any atom is 0.0704 e. The lowest BCUT2D eigenvalue weighted by atomic mass is 10.0. The van der Waals surface area contributed by atoms with Gasteiger partial charge in [0.05, 0.1) is 11.6 Å². The number of benzene rings is 1. The van der Waals surface area contributed by atoms with Crippen LogP contribution in [-0.2, 0) is 6.42 Å². The van der Waals surface area contributed by atoms with E-state index in [9.17, 15) is 5.11 Å². The Hall–Kier alpha value is -1.06. The molecule has 1 aromatic heterocycles. The van der Waals surface area contributed by atoms with Crippen LogP contribution in [-0.4, -0.2) is 27.7 Å².